The Morgan fingerprint density at radius 1 is 0.875 bits per heavy atom. The van der Waals surface area contributed by atoms with Crippen LogP contribution in [0.25, 0.3) is 0 Å². The number of nitrogens with zero attached hydrogens (tertiary/aromatic N) is 2. The number of halogens is 2. The predicted octanol–water partition coefficient (Wildman–Crippen LogP) is 4.66. The summed E-state index contributed by atoms with van der Waals surface area (Å²) in [5.74, 6) is -0.440. The second-order valence-corrected chi connectivity index (χ2v) is 9.80. The maximum atomic E-state index is 12.7. The minimum absolute atomic E-state index is 0.0376. The van der Waals surface area contributed by atoms with Gasteiger partial charge in [0.05, 0.1) is 15.5 Å². The lowest BCUT2D eigenvalue weighted by Crippen LogP contribution is -2.50. The van der Waals surface area contributed by atoms with Crippen LogP contribution < -0.4 is 0 Å². The molecule has 0 N–H and O–H groups in total. The Balaban J connectivity index is 1.40. The molecule has 1 aromatic carbocycles. The second-order valence-electron chi connectivity index (χ2n) is 7.67. The van der Waals surface area contributed by atoms with Gasteiger partial charge in [0, 0.05) is 61.8 Å². The molecule has 0 saturated carbocycles. The van der Waals surface area contributed by atoms with E-state index in [1.165, 1.54) is 17.4 Å². The van der Waals surface area contributed by atoms with Crippen LogP contribution in [0.5, 0.6) is 0 Å². The summed E-state index contributed by atoms with van der Waals surface area (Å²) in [6.07, 6.45) is 0.547. The van der Waals surface area contributed by atoms with Gasteiger partial charge >= 0.3 is 0 Å². The Labute approximate surface area is 201 Å². The first-order valence-corrected chi connectivity index (χ1v) is 12.0. The van der Waals surface area contributed by atoms with E-state index in [2.05, 4.69) is 0 Å². The molecule has 0 bridgehead atoms. The number of hydrogen-bond donors (Lipinski definition) is 0. The van der Waals surface area contributed by atoms with Crippen LogP contribution >= 0.6 is 34.5 Å². The first-order chi connectivity index (χ1) is 15.2. The van der Waals surface area contributed by atoms with Crippen molar-refractivity contribution in [2.75, 3.05) is 26.2 Å². The smallest absolute Gasteiger partial charge is 0.255 e. The SMILES string of the molecule is Cc1ccc(C(=O)CCC(=O)CCC(=O)N2CCN(C(=O)c3ccc(Cl)cc3Cl)CC2)s1. The van der Waals surface area contributed by atoms with Crippen LogP contribution in [-0.4, -0.2) is 59.4 Å². The van der Waals surface area contributed by atoms with E-state index in [0.717, 1.165) is 4.88 Å². The topological polar surface area (TPSA) is 74.8 Å². The van der Waals surface area contributed by atoms with Gasteiger partial charge in [-0.1, -0.05) is 23.2 Å². The number of rotatable bonds is 8. The Morgan fingerprint density at radius 3 is 2.16 bits per heavy atom. The summed E-state index contributed by atoms with van der Waals surface area (Å²) in [5.41, 5.74) is 0.383. The molecular formula is C23H24Cl2N2O4S. The van der Waals surface area contributed by atoms with E-state index in [1.807, 2.05) is 13.0 Å². The third-order valence-electron chi connectivity index (χ3n) is 5.34. The molecule has 2 heterocycles. The average Bonchev–Trinajstić information content (AvgIpc) is 3.22. The van der Waals surface area contributed by atoms with Gasteiger partial charge in [0.2, 0.25) is 5.91 Å². The van der Waals surface area contributed by atoms with Crippen molar-refractivity contribution in [3.8, 4) is 0 Å². The van der Waals surface area contributed by atoms with Crippen LogP contribution in [0.4, 0.5) is 0 Å². The Bertz CT molecular complexity index is 1030. The quantitative estimate of drug-likeness (QED) is 0.500. The summed E-state index contributed by atoms with van der Waals surface area (Å²) >= 11 is 13.4. The van der Waals surface area contributed by atoms with E-state index < -0.39 is 0 Å². The van der Waals surface area contributed by atoms with Crippen LogP contribution in [-0.2, 0) is 9.59 Å². The minimum atomic E-state index is -0.195. The molecule has 0 spiro atoms. The predicted molar refractivity (Wildman–Crippen MR) is 126 cm³/mol. The first kappa shape index (κ1) is 24.4. The molecule has 32 heavy (non-hydrogen) atoms. The summed E-state index contributed by atoms with van der Waals surface area (Å²) in [6, 6.07) is 8.41. The van der Waals surface area contributed by atoms with Gasteiger partial charge in [0.25, 0.3) is 5.91 Å². The Kier molecular flexibility index (Phi) is 8.45. The van der Waals surface area contributed by atoms with Gasteiger partial charge in [-0.2, -0.15) is 0 Å². The van der Waals surface area contributed by atoms with Crippen LogP contribution in [0.3, 0.4) is 0 Å². The summed E-state index contributed by atoms with van der Waals surface area (Å²) in [6.45, 7) is 3.53. The van der Waals surface area contributed by atoms with Crippen LogP contribution in [0.2, 0.25) is 10.0 Å². The highest BCUT2D eigenvalue weighted by Gasteiger charge is 2.26. The summed E-state index contributed by atoms with van der Waals surface area (Å²) in [4.78, 5) is 54.4. The summed E-state index contributed by atoms with van der Waals surface area (Å²) < 4.78 is 0. The van der Waals surface area contributed by atoms with Gasteiger partial charge in [-0.3, -0.25) is 19.2 Å². The zero-order chi connectivity index (χ0) is 23.3. The highest BCUT2D eigenvalue weighted by Crippen LogP contribution is 2.23. The number of benzene rings is 1. The van der Waals surface area contributed by atoms with Crippen molar-refractivity contribution in [3.05, 3.63) is 55.7 Å². The maximum absolute atomic E-state index is 12.7. The number of thiophene rings is 1. The van der Waals surface area contributed by atoms with Gasteiger partial charge in [-0.15, -0.1) is 11.3 Å². The van der Waals surface area contributed by atoms with E-state index >= 15 is 0 Å². The van der Waals surface area contributed by atoms with Crippen LogP contribution in [0.15, 0.2) is 30.3 Å². The molecule has 0 aliphatic carbocycles. The molecule has 1 aliphatic heterocycles. The van der Waals surface area contributed by atoms with Crippen molar-refractivity contribution in [3.63, 3.8) is 0 Å². The lowest BCUT2D eigenvalue weighted by molar-refractivity contribution is -0.134. The largest absolute Gasteiger partial charge is 0.339 e. The molecule has 6 nitrogen and oxygen atoms in total. The number of aryl methyl sites for hydroxylation is 1. The molecule has 1 aromatic heterocycles. The fraction of sp³-hybridized carbons (Fsp3) is 0.391. The van der Waals surface area contributed by atoms with Crippen molar-refractivity contribution >= 4 is 57.9 Å². The normalized spacial score (nSPS) is 13.8. The maximum Gasteiger partial charge on any atom is 0.255 e. The Morgan fingerprint density at radius 2 is 1.53 bits per heavy atom. The number of carbonyl (C=O) groups excluding carboxylic acids is 4. The summed E-state index contributed by atoms with van der Waals surface area (Å²) in [7, 11) is 0. The van der Waals surface area contributed by atoms with E-state index in [4.69, 9.17) is 23.2 Å². The monoisotopic (exact) mass is 494 g/mol. The van der Waals surface area contributed by atoms with E-state index in [0.29, 0.717) is 46.7 Å². The molecular weight excluding hydrogens is 471 g/mol. The molecule has 1 aliphatic rings. The molecule has 2 aromatic rings. The van der Waals surface area contributed by atoms with Crippen molar-refractivity contribution in [1.82, 2.24) is 9.80 Å². The minimum Gasteiger partial charge on any atom is -0.339 e. The highest BCUT2D eigenvalue weighted by atomic mass is 35.5. The summed E-state index contributed by atoms with van der Waals surface area (Å²) in [5, 5.41) is 0.759. The molecule has 1 fully saturated rings. The number of Topliss-reactive ketones (excluding diaryl/α,β-unsaturated/α-hetero) is 2. The zero-order valence-electron chi connectivity index (χ0n) is 17.7. The van der Waals surface area contributed by atoms with E-state index in [9.17, 15) is 19.2 Å². The van der Waals surface area contributed by atoms with Gasteiger partial charge in [-0.05, 0) is 37.3 Å². The lowest BCUT2D eigenvalue weighted by atomic mass is 10.1. The number of hydrogen-bond acceptors (Lipinski definition) is 5. The molecule has 2 amide bonds. The zero-order valence-corrected chi connectivity index (χ0v) is 20.1. The fourth-order valence-corrected chi connectivity index (χ4v) is 4.81. The van der Waals surface area contributed by atoms with Crippen LogP contribution in [0, 0.1) is 6.92 Å². The number of amides is 2. The number of carbonyl (C=O) groups is 4. The molecule has 1 saturated heterocycles. The second kappa shape index (κ2) is 11.1. The number of ketones is 2. The standard InChI is InChI=1S/C23H24Cl2N2O4S/c1-15-2-8-21(32-15)20(29)7-4-17(28)5-9-22(30)26-10-12-27(13-11-26)23(31)18-6-3-16(24)14-19(18)25/h2-3,6,8,14H,4-5,7,9-13H2,1H3. The van der Waals surface area contributed by atoms with Crippen molar-refractivity contribution in [2.24, 2.45) is 0 Å². The highest BCUT2D eigenvalue weighted by molar-refractivity contribution is 7.14. The third kappa shape index (κ3) is 6.40. The van der Waals surface area contributed by atoms with Crippen LogP contribution in [0.1, 0.15) is 50.6 Å². The molecule has 0 atom stereocenters. The molecule has 0 radical (unpaired) electrons. The van der Waals surface area contributed by atoms with Gasteiger partial charge in [0.1, 0.15) is 5.78 Å². The van der Waals surface area contributed by atoms with Gasteiger partial charge in [0.15, 0.2) is 5.78 Å². The van der Waals surface area contributed by atoms with Crippen molar-refractivity contribution in [2.45, 2.75) is 32.6 Å². The lowest BCUT2D eigenvalue weighted by Gasteiger charge is -2.35. The van der Waals surface area contributed by atoms with Crippen molar-refractivity contribution < 1.29 is 19.2 Å². The Hall–Kier alpha value is -2.22. The fourth-order valence-electron chi connectivity index (χ4n) is 3.48. The first-order valence-electron chi connectivity index (χ1n) is 10.4. The van der Waals surface area contributed by atoms with Crippen molar-refractivity contribution in [1.29, 1.82) is 0 Å². The number of piperazine rings is 1. The van der Waals surface area contributed by atoms with Gasteiger partial charge < -0.3 is 9.80 Å². The van der Waals surface area contributed by atoms with Gasteiger partial charge in [-0.25, -0.2) is 0 Å². The van der Waals surface area contributed by atoms with E-state index in [1.54, 1.807) is 28.0 Å². The third-order valence-corrected chi connectivity index (χ3v) is 6.93. The molecule has 9 heteroatoms. The molecule has 0 unspecified atom stereocenters. The average molecular weight is 495 g/mol. The van der Waals surface area contributed by atoms with E-state index in [-0.39, 0.29) is 49.1 Å². The molecule has 3 rings (SSSR count). The molecule has 170 valence electrons.